The molecular weight excluding hydrogens is 276 g/mol. The fourth-order valence-corrected chi connectivity index (χ4v) is 2.46. The summed E-state index contributed by atoms with van der Waals surface area (Å²) in [5.74, 6) is 1.52. The number of nitriles is 1. The fourth-order valence-electron chi connectivity index (χ4n) is 2.46. The van der Waals surface area contributed by atoms with Crippen LogP contribution >= 0.6 is 0 Å². The van der Waals surface area contributed by atoms with Gasteiger partial charge in [-0.05, 0) is 12.1 Å². The smallest absolute Gasteiger partial charge is 0.215 e. The van der Waals surface area contributed by atoms with Crippen molar-refractivity contribution in [2.45, 2.75) is 6.61 Å². The number of piperazine rings is 1. The molecular formula is C17H18N4O. The lowest BCUT2D eigenvalue weighted by Crippen LogP contribution is -2.43. The van der Waals surface area contributed by atoms with E-state index in [9.17, 15) is 0 Å². The van der Waals surface area contributed by atoms with E-state index in [-0.39, 0.29) is 0 Å². The highest BCUT2D eigenvalue weighted by molar-refractivity contribution is 5.41. The lowest BCUT2D eigenvalue weighted by Gasteiger charge is -2.28. The summed E-state index contributed by atoms with van der Waals surface area (Å²) in [6, 6.07) is 15.4. The minimum Gasteiger partial charge on any atom is -0.473 e. The largest absolute Gasteiger partial charge is 0.473 e. The van der Waals surface area contributed by atoms with E-state index in [0.29, 0.717) is 18.1 Å². The van der Waals surface area contributed by atoms with Crippen LogP contribution in [0.4, 0.5) is 5.82 Å². The Bertz CT molecular complexity index is 674. The highest BCUT2D eigenvalue weighted by atomic mass is 16.5. The van der Waals surface area contributed by atoms with E-state index in [1.54, 1.807) is 6.07 Å². The van der Waals surface area contributed by atoms with Crippen LogP contribution in [0.2, 0.25) is 0 Å². The van der Waals surface area contributed by atoms with E-state index in [2.05, 4.69) is 21.3 Å². The molecule has 112 valence electrons. The highest BCUT2D eigenvalue weighted by Crippen LogP contribution is 2.18. The average molecular weight is 294 g/mol. The molecule has 2 heterocycles. The van der Waals surface area contributed by atoms with Crippen LogP contribution in [0.25, 0.3) is 0 Å². The summed E-state index contributed by atoms with van der Waals surface area (Å²) in [6.45, 7) is 4.20. The number of pyridine rings is 1. The zero-order valence-corrected chi connectivity index (χ0v) is 12.3. The standard InChI is InChI=1S/C17H18N4O/c18-12-14-4-1-2-5-15(14)13-22-17-7-3-6-16(20-17)21-10-8-19-9-11-21/h1-7,19H,8-11,13H2. The maximum atomic E-state index is 9.10. The molecule has 1 aliphatic heterocycles. The molecule has 0 radical (unpaired) electrons. The first-order valence-corrected chi connectivity index (χ1v) is 7.40. The van der Waals surface area contributed by atoms with Gasteiger partial charge in [-0.3, -0.25) is 0 Å². The van der Waals surface area contributed by atoms with Crippen LogP contribution < -0.4 is 15.0 Å². The third kappa shape index (κ3) is 3.35. The van der Waals surface area contributed by atoms with E-state index in [1.807, 2.05) is 36.4 Å². The van der Waals surface area contributed by atoms with E-state index >= 15 is 0 Å². The normalized spacial score (nSPS) is 14.4. The summed E-state index contributed by atoms with van der Waals surface area (Å²) in [4.78, 5) is 6.80. The first kappa shape index (κ1) is 14.4. The van der Waals surface area contributed by atoms with Gasteiger partial charge in [0.1, 0.15) is 12.4 Å². The summed E-state index contributed by atoms with van der Waals surface area (Å²) in [7, 11) is 0. The quantitative estimate of drug-likeness (QED) is 0.934. The molecule has 0 bridgehead atoms. The Morgan fingerprint density at radius 2 is 1.95 bits per heavy atom. The van der Waals surface area contributed by atoms with Gasteiger partial charge in [0.2, 0.25) is 5.88 Å². The van der Waals surface area contributed by atoms with Gasteiger partial charge >= 0.3 is 0 Å². The monoisotopic (exact) mass is 294 g/mol. The molecule has 1 aromatic carbocycles. The van der Waals surface area contributed by atoms with Gasteiger partial charge < -0.3 is 15.0 Å². The zero-order valence-electron chi connectivity index (χ0n) is 12.3. The summed E-state index contributed by atoms with van der Waals surface area (Å²) >= 11 is 0. The molecule has 1 aromatic heterocycles. The van der Waals surface area contributed by atoms with Crippen LogP contribution in [-0.4, -0.2) is 31.2 Å². The second-order valence-electron chi connectivity index (χ2n) is 5.13. The molecule has 0 spiro atoms. The van der Waals surface area contributed by atoms with E-state index in [4.69, 9.17) is 10.00 Å². The van der Waals surface area contributed by atoms with Crippen molar-refractivity contribution in [3.8, 4) is 11.9 Å². The topological polar surface area (TPSA) is 61.2 Å². The SMILES string of the molecule is N#Cc1ccccc1COc1cccc(N2CCNCC2)n1. The summed E-state index contributed by atoms with van der Waals surface area (Å²) in [5, 5.41) is 12.4. The van der Waals surface area contributed by atoms with Gasteiger partial charge in [0, 0.05) is 37.8 Å². The molecule has 3 rings (SSSR count). The van der Waals surface area contributed by atoms with Gasteiger partial charge in [-0.2, -0.15) is 10.2 Å². The average Bonchev–Trinajstić information content (AvgIpc) is 2.61. The van der Waals surface area contributed by atoms with Crippen molar-refractivity contribution in [1.82, 2.24) is 10.3 Å². The molecule has 0 amide bonds. The molecule has 0 atom stereocenters. The van der Waals surface area contributed by atoms with E-state index in [1.165, 1.54) is 0 Å². The van der Waals surface area contributed by atoms with E-state index in [0.717, 1.165) is 37.6 Å². The molecule has 2 aromatic rings. The summed E-state index contributed by atoms with van der Waals surface area (Å²) in [6.07, 6.45) is 0. The molecule has 0 saturated carbocycles. The van der Waals surface area contributed by atoms with Gasteiger partial charge in [0.25, 0.3) is 0 Å². The molecule has 5 heteroatoms. The minimum absolute atomic E-state index is 0.349. The molecule has 0 aliphatic carbocycles. The number of anilines is 1. The summed E-state index contributed by atoms with van der Waals surface area (Å²) in [5.41, 5.74) is 1.51. The van der Waals surface area contributed by atoms with Crippen molar-refractivity contribution in [1.29, 1.82) is 5.26 Å². The Morgan fingerprint density at radius 3 is 2.77 bits per heavy atom. The molecule has 22 heavy (non-hydrogen) atoms. The number of hydrogen-bond donors (Lipinski definition) is 1. The number of nitrogens with zero attached hydrogens (tertiary/aromatic N) is 3. The second-order valence-corrected chi connectivity index (χ2v) is 5.13. The highest BCUT2D eigenvalue weighted by Gasteiger charge is 2.12. The van der Waals surface area contributed by atoms with Crippen molar-refractivity contribution in [3.05, 3.63) is 53.6 Å². The zero-order chi connectivity index (χ0) is 15.2. The van der Waals surface area contributed by atoms with Gasteiger partial charge in [0.15, 0.2) is 0 Å². The molecule has 1 N–H and O–H groups in total. The Labute approximate surface area is 130 Å². The predicted molar refractivity (Wildman–Crippen MR) is 84.8 cm³/mol. The number of ether oxygens (including phenoxy) is 1. The van der Waals surface area contributed by atoms with Crippen molar-refractivity contribution in [2.75, 3.05) is 31.1 Å². The Hall–Kier alpha value is -2.58. The predicted octanol–water partition coefficient (Wildman–Crippen LogP) is 1.94. The van der Waals surface area contributed by atoms with Crippen LogP contribution in [0.15, 0.2) is 42.5 Å². The lowest BCUT2D eigenvalue weighted by molar-refractivity contribution is 0.293. The van der Waals surface area contributed by atoms with Gasteiger partial charge in [-0.25, -0.2) is 0 Å². The van der Waals surface area contributed by atoms with Crippen LogP contribution in [0.1, 0.15) is 11.1 Å². The Kier molecular flexibility index (Phi) is 4.52. The van der Waals surface area contributed by atoms with Crippen LogP contribution in [-0.2, 0) is 6.61 Å². The third-order valence-corrected chi connectivity index (χ3v) is 3.66. The fraction of sp³-hybridized carbons (Fsp3) is 0.294. The first-order valence-electron chi connectivity index (χ1n) is 7.40. The van der Waals surface area contributed by atoms with Crippen molar-refractivity contribution < 1.29 is 4.74 Å². The maximum absolute atomic E-state index is 9.10. The Balaban J connectivity index is 1.69. The number of nitrogens with one attached hydrogen (secondary N) is 1. The Morgan fingerprint density at radius 1 is 1.14 bits per heavy atom. The lowest BCUT2D eigenvalue weighted by atomic mass is 10.1. The molecule has 1 aliphatic rings. The number of hydrogen-bond acceptors (Lipinski definition) is 5. The minimum atomic E-state index is 0.349. The van der Waals surface area contributed by atoms with Crippen LogP contribution in [0, 0.1) is 11.3 Å². The summed E-state index contributed by atoms with van der Waals surface area (Å²) < 4.78 is 5.76. The number of rotatable bonds is 4. The number of aromatic nitrogens is 1. The molecule has 0 unspecified atom stereocenters. The van der Waals surface area contributed by atoms with Crippen molar-refractivity contribution in [3.63, 3.8) is 0 Å². The first-order chi connectivity index (χ1) is 10.9. The van der Waals surface area contributed by atoms with Gasteiger partial charge in [-0.1, -0.05) is 24.3 Å². The van der Waals surface area contributed by atoms with Crippen molar-refractivity contribution in [2.24, 2.45) is 0 Å². The van der Waals surface area contributed by atoms with E-state index < -0.39 is 0 Å². The maximum Gasteiger partial charge on any atom is 0.215 e. The number of benzene rings is 1. The molecule has 5 nitrogen and oxygen atoms in total. The third-order valence-electron chi connectivity index (χ3n) is 3.66. The second kappa shape index (κ2) is 6.92. The van der Waals surface area contributed by atoms with Crippen molar-refractivity contribution >= 4 is 5.82 Å². The molecule has 1 fully saturated rings. The van der Waals surface area contributed by atoms with Crippen LogP contribution in [0.5, 0.6) is 5.88 Å². The molecule has 1 saturated heterocycles. The van der Waals surface area contributed by atoms with Gasteiger partial charge in [-0.15, -0.1) is 0 Å². The van der Waals surface area contributed by atoms with Crippen LogP contribution in [0.3, 0.4) is 0 Å². The van der Waals surface area contributed by atoms with Gasteiger partial charge in [0.05, 0.1) is 11.6 Å².